The molecule has 0 saturated heterocycles. The van der Waals surface area contributed by atoms with Crippen LogP contribution in [0.25, 0.3) is 10.7 Å². The molecule has 0 spiro atoms. The Labute approximate surface area is 115 Å². The summed E-state index contributed by atoms with van der Waals surface area (Å²) in [6, 6.07) is 0. The van der Waals surface area contributed by atoms with E-state index in [1.165, 1.54) is 11.5 Å². The van der Waals surface area contributed by atoms with E-state index in [0.717, 1.165) is 41.6 Å². The highest BCUT2D eigenvalue weighted by molar-refractivity contribution is 7.15. The van der Waals surface area contributed by atoms with Crippen molar-refractivity contribution in [2.75, 3.05) is 13.1 Å². The molecular formula is C11H17N5S2. The zero-order valence-corrected chi connectivity index (χ0v) is 12.2. The zero-order valence-electron chi connectivity index (χ0n) is 10.6. The van der Waals surface area contributed by atoms with Gasteiger partial charge in [-0.2, -0.15) is 0 Å². The molecule has 0 fully saturated rings. The van der Waals surface area contributed by atoms with Crippen LogP contribution in [-0.4, -0.2) is 32.9 Å². The Bertz CT molecular complexity index is 452. The Morgan fingerprint density at radius 3 is 2.89 bits per heavy atom. The Kier molecular flexibility index (Phi) is 5.15. The van der Waals surface area contributed by atoms with Gasteiger partial charge in [0.05, 0.1) is 0 Å². The molecule has 2 aromatic rings. The number of aromatic nitrogens is 4. The minimum Gasteiger partial charge on any atom is -0.316 e. The number of nitrogens with zero attached hydrogens (tertiary/aromatic N) is 4. The van der Waals surface area contributed by atoms with Crippen molar-refractivity contribution < 1.29 is 0 Å². The Hall–Kier alpha value is -0.920. The highest BCUT2D eigenvalue weighted by atomic mass is 32.1. The Balaban J connectivity index is 1.74. The first-order chi connectivity index (χ1) is 8.75. The molecule has 98 valence electrons. The first-order valence-electron chi connectivity index (χ1n) is 6.06. The van der Waals surface area contributed by atoms with Crippen molar-refractivity contribution in [3.63, 3.8) is 0 Å². The molecule has 0 atom stereocenters. The topological polar surface area (TPSA) is 63.6 Å². The fraction of sp³-hybridized carbons (Fsp3) is 0.636. The van der Waals surface area contributed by atoms with Crippen LogP contribution in [0.4, 0.5) is 0 Å². The maximum Gasteiger partial charge on any atom is 0.169 e. The molecule has 0 bridgehead atoms. The quantitative estimate of drug-likeness (QED) is 0.790. The lowest BCUT2D eigenvalue weighted by Crippen LogP contribution is -2.21. The van der Waals surface area contributed by atoms with E-state index < -0.39 is 0 Å². The van der Waals surface area contributed by atoms with Gasteiger partial charge in [0.2, 0.25) is 0 Å². The van der Waals surface area contributed by atoms with E-state index in [1.807, 2.05) is 5.38 Å². The van der Waals surface area contributed by atoms with Crippen LogP contribution in [0.15, 0.2) is 5.38 Å². The summed E-state index contributed by atoms with van der Waals surface area (Å²) < 4.78 is 3.83. The van der Waals surface area contributed by atoms with Crippen LogP contribution >= 0.6 is 22.9 Å². The second-order valence-corrected chi connectivity index (χ2v) is 6.16. The van der Waals surface area contributed by atoms with E-state index in [0.29, 0.717) is 5.92 Å². The van der Waals surface area contributed by atoms with E-state index in [-0.39, 0.29) is 0 Å². The number of aryl methyl sites for hydroxylation is 1. The first-order valence-corrected chi connectivity index (χ1v) is 7.71. The lowest BCUT2D eigenvalue weighted by molar-refractivity contribution is 0.542. The lowest BCUT2D eigenvalue weighted by Gasteiger charge is -2.05. The van der Waals surface area contributed by atoms with Gasteiger partial charge in [0.15, 0.2) is 5.01 Å². The summed E-state index contributed by atoms with van der Waals surface area (Å²) in [6.45, 7) is 6.54. The maximum absolute atomic E-state index is 4.18. The predicted molar refractivity (Wildman–Crippen MR) is 74.8 cm³/mol. The number of nitrogens with one attached hydrogen (secondary N) is 1. The van der Waals surface area contributed by atoms with Gasteiger partial charge in [-0.05, 0) is 37.0 Å². The number of hydrogen-bond acceptors (Lipinski definition) is 7. The minimum atomic E-state index is 0.704. The summed E-state index contributed by atoms with van der Waals surface area (Å²) in [5.41, 5.74) is 0.835. The van der Waals surface area contributed by atoms with Crippen molar-refractivity contribution in [1.29, 1.82) is 0 Å². The molecule has 18 heavy (non-hydrogen) atoms. The molecule has 2 heterocycles. The molecule has 0 radical (unpaired) electrons. The third-order valence-electron chi connectivity index (χ3n) is 2.34. The smallest absolute Gasteiger partial charge is 0.169 e. The van der Waals surface area contributed by atoms with Gasteiger partial charge in [0.25, 0.3) is 0 Å². The summed E-state index contributed by atoms with van der Waals surface area (Å²) in [5.74, 6) is 0.704. The largest absolute Gasteiger partial charge is 0.316 e. The molecule has 0 aliphatic heterocycles. The molecule has 7 heteroatoms. The average molecular weight is 283 g/mol. The molecule has 5 nitrogen and oxygen atoms in total. The summed E-state index contributed by atoms with van der Waals surface area (Å²) in [7, 11) is 0. The van der Waals surface area contributed by atoms with Crippen molar-refractivity contribution in [3.05, 3.63) is 10.4 Å². The fourth-order valence-corrected chi connectivity index (χ4v) is 2.82. The summed E-state index contributed by atoms with van der Waals surface area (Å²) >= 11 is 2.95. The monoisotopic (exact) mass is 283 g/mol. The second-order valence-electron chi connectivity index (χ2n) is 4.49. The molecule has 0 aliphatic rings. The van der Waals surface area contributed by atoms with Crippen molar-refractivity contribution in [2.45, 2.75) is 26.7 Å². The lowest BCUT2D eigenvalue weighted by atomic mass is 10.2. The highest BCUT2D eigenvalue weighted by Gasteiger charge is 2.08. The molecule has 0 aliphatic carbocycles. The van der Waals surface area contributed by atoms with Crippen molar-refractivity contribution in [1.82, 2.24) is 25.1 Å². The molecule has 1 N–H and O–H groups in total. The predicted octanol–water partition coefficient (Wildman–Crippen LogP) is 2.23. The maximum atomic E-state index is 4.18. The molecule has 0 amide bonds. The van der Waals surface area contributed by atoms with Crippen molar-refractivity contribution >= 4 is 22.9 Å². The average Bonchev–Trinajstić information content (AvgIpc) is 2.98. The fourth-order valence-electron chi connectivity index (χ4n) is 1.47. The van der Waals surface area contributed by atoms with Gasteiger partial charge in [-0.25, -0.2) is 0 Å². The normalized spacial score (nSPS) is 11.3. The van der Waals surface area contributed by atoms with E-state index in [1.54, 1.807) is 11.3 Å². The van der Waals surface area contributed by atoms with Gasteiger partial charge in [-0.3, -0.25) is 0 Å². The standard InChI is InChI=1S/C11H17N5S2/c1-8(2)6-12-5-3-4-10-14-15-11(18-10)9-7-17-16-13-9/h7-8,12H,3-6H2,1-2H3. The summed E-state index contributed by atoms with van der Waals surface area (Å²) in [6.07, 6.45) is 2.07. The first kappa shape index (κ1) is 13.5. The van der Waals surface area contributed by atoms with Gasteiger partial charge >= 0.3 is 0 Å². The third kappa shape index (κ3) is 4.08. The highest BCUT2D eigenvalue weighted by Crippen LogP contribution is 2.22. The SMILES string of the molecule is CC(C)CNCCCc1nnc(-c2csnn2)s1. The van der Waals surface area contributed by atoms with Gasteiger partial charge in [-0.15, -0.1) is 15.3 Å². The van der Waals surface area contributed by atoms with Gasteiger partial charge in [-0.1, -0.05) is 29.7 Å². The molecule has 0 aromatic carbocycles. The number of rotatable bonds is 7. The van der Waals surface area contributed by atoms with Crippen LogP contribution in [0, 0.1) is 5.92 Å². The third-order valence-corrected chi connectivity index (χ3v) is 3.85. The van der Waals surface area contributed by atoms with Crippen LogP contribution in [0.2, 0.25) is 0 Å². The van der Waals surface area contributed by atoms with Crippen LogP contribution in [0.5, 0.6) is 0 Å². The van der Waals surface area contributed by atoms with E-state index in [9.17, 15) is 0 Å². The molecule has 2 aromatic heterocycles. The van der Waals surface area contributed by atoms with Gasteiger partial charge in [0, 0.05) is 11.8 Å². The molecule has 0 unspecified atom stereocenters. The van der Waals surface area contributed by atoms with Crippen LogP contribution < -0.4 is 5.32 Å². The van der Waals surface area contributed by atoms with E-state index in [4.69, 9.17) is 0 Å². The Morgan fingerprint density at radius 2 is 2.17 bits per heavy atom. The zero-order chi connectivity index (χ0) is 12.8. The number of hydrogen-bond donors (Lipinski definition) is 1. The van der Waals surface area contributed by atoms with E-state index in [2.05, 4.69) is 38.9 Å². The van der Waals surface area contributed by atoms with Crippen molar-refractivity contribution in [2.24, 2.45) is 5.92 Å². The molecule has 2 rings (SSSR count). The second kappa shape index (κ2) is 6.86. The van der Waals surface area contributed by atoms with Crippen LogP contribution in [0.1, 0.15) is 25.3 Å². The molecule has 0 saturated carbocycles. The summed E-state index contributed by atoms with van der Waals surface area (Å²) in [4.78, 5) is 0. The van der Waals surface area contributed by atoms with Crippen molar-refractivity contribution in [3.8, 4) is 10.7 Å². The van der Waals surface area contributed by atoms with E-state index >= 15 is 0 Å². The van der Waals surface area contributed by atoms with Gasteiger partial charge in [0.1, 0.15) is 10.7 Å². The molecular weight excluding hydrogens is 266 g/mol. The van der Waals surface area contributed by atoms with Gasteiger partial charge < -0.3 is 5.32 Å². The van der Waals surface area contributed by atoms with Crippen LogP contribution in [-0.2, 0) is 6.42 Å². The minimum absolute atomic E-state index is 0.704. The van der Waals surface area contributed by atoms with Crippen LogP contribution in [0.3, 0.4) is 0 Å². The summed E-state index contributed by atoms with van der Waals surface area (Å²) in [5, 5.41) is 19.6. The Morgan fingerprint density at radius 1 is 1.28 bits per heavy atom.